The number of benzene rings is 1. The Kier molecular flexibility index (Phi) is 2.08. The van der Waals surface area contributed by atoms with Gasteiger partial charge in [-0.05, 0) is 18.2 Å². The summed E-state index contributed by atoms with van der Waals surface area (Å²) in [6.45, 7) is 0. The number of H-pyrrole nitrogens is 1. The monoisotopic (exact) mass is 226 g/mol. The van der Waals surface area contributed by atoms with Crippen LogP contribution in [0, 0.1) is 0 Å². The maximum absolute atomic E-state index is 11.4. The molecular weight excluding hydrogens is 216 g/mol. The van der Waals surface area contributed by atoms with Crippen LogP contribution in [-0.2, 0) is 4.74 Å². The standard InChI is InChI=1S/C13H10N2O2/c1-17-13(16)12-5-3-9-10-7-14-6-8(10)2-4-11(9)15-12/h2-7,15H,1H3. The number of esters is 1. The molecule has 0 unspecified atom stereocenters. The van der Waals surface area contributed by atoms with Crippen LogP contribution in [0.4, 0.5) is 0 Å². The van der Waals surface area contributed by atoms with Crippen LogP contribution in [0.1, 0.15) is 10.5 Å². The number of pyridine rings is 1. The normalized spacial score (nSPS) is 10.9. The van der Waals surface area contributed by atoms with Gasteiger partial charge >= 0.3 is 5.97 Å². The SMILES string of the molecule is COC(=O)c1ccc2c(ccc3cncc32)[nH]1. The minimum atomic E-state index is -0.368. The molecule has 3 aromatic rings. The van der Waals surface area contributed by atoms with Crippen molar-refractivity contribution in [2.45, 2.75) is 0 Å². The number of aromatic amines is 1. The van der Waals surface area contributed by atoms with Gasteiger partial charge in [-0.2, -0.15) is 0 Å². The van der Waals surface area contributed by atoms with Crippen LogP contribution in [0.15, 0.2) is 36.7 Å². The van der Waals surface area contributed by atoms with E-state index in [-0.39, 0.29) is 5.97 Å². The van der Waals surface area contributed by atoms with Crippen LogP contribution in [0.3, 0.4) is 0 Å². The molecule has 0 aliphatic carbocycles. The van der Waals surface area contributed by atoms with Crippen molar-refractivity contribution in [3.05, 3.63) is 42.4 Å². The molecule has 1 N–H and O–H groups in total. The quantitative estimate of drug-likeness (QED) is 0.648. The molecule has 0 saturated heterocycles. The number of hydrogen-bond donors (Lipinski definition) is 1. The molecule has 4 nitrogen and oxygen atoms in total. The lowest BCUT2D eigenvalue weighted by atomic mass is 10.1. The van der Waals surface area contributed by atoms with E-state index >= 15 is 0 Å². The van der Waals surface area contributed by atoms with Gasteiger partial charge in [0.25, 0.3) is 0 Å². The van der Waals surface area contributed by atoms with Crippen molar-refractivity contribution >= 4 is 27.6 Å². The maximum atomic E-state index is 11.4. The molecule has 3 rings (SSSR count). The van der Waals surface area contributed by atoms with Gasteiger partial charge in [0.2, 0.25) is 0 Å². The maximum Gasteiger partial charge on any atom is 0.354 e. The van der Waals surface area contributed by atoms with Gasteiger partial charge in [-0.15, -0.1) is 0 Å². The average molecular weight is 226 g/mol. The number of nitrogens with zero attached hydrogens (tertiary/aromatic N) is 1. The van der Waals surface area contributed by atoms with Crippen LogP contribution >= 0.6 is 0 Å². The van der Waals surface area contributed by atoms with E-state index in [9.17, 15) is 4.79 Å². The lowest BCUT2D eigenvalue weighted by Crippen LogP contribution is -2.03. The third-order valence-electron chi connectivity index (χ3n) is 2.83. The van der Waals surface area contributed by atoms with E-state index in [1.54, 1.807) is 6.07 Å². The lowest BCUT2D eigenvalue weighted by Gasteiger charge is -2.04. The molecule has 2 aromatic heterocycles. The van der Waals surface area contributed by atoms with Crippen molar-refractivity contribution in [1.29, 1.82) is 0 Å². The van der Waals surface area contributed by atoms with Gasteiger partial charge in [0.15, 0.2) is 0 Å². The van der Waals surface area contributed by atoms with Gasteiger partial charge in [0.05, 0.1) is 7.11 Å². The predicted molar refractivity (Wildman–Crippen MR) is 64.9 cm³/mol. The zero-order chi connectivity index (χ0) is 11.8. The second-order valence-electron chi connectivity index (χ2n) is 3.80. The smallest absolute Gasteiger partial charge is 0.354 e. The summed E-state index contributed by atoms with van der Waals surface area (Å²) in [5.74, 6) is -0.368. The largest absolute Gasteiger partial charge is 0.464 e. The third-order valence-corrected chi connectivity index (χ3v) is 2.83. The van der Waals surface area contributed by atoms with Crippen molar-refractivity contribution in [2.24, 2.45) is 0 Å². The molecule has 17 heavy (non-hydrogen) atoms. The molecule has 0 radical (unpaired) electrons. The van der Waals surface area contributed by atoms with E-state index in [2.05, 4.69) is 14.7 Å². The van der Waals surface area contributed by atoms with Crippen molar-refractivity contribution in [3.8, 4) is 0 Å². The molecule has 0 fully saturated rings. The van der Waals surface area contributed by atoms with E-state index in [0.29, 0.717) is 5.69 Å². The zero-order valence-electron chi connectivity index (χ0n) is 9.23. The van der Waals surface area contributed by atoms with E-state index in [0.717, 1.165) is 21.7 Å². The fraction of sp³-hybridized carbons (Fsp3) is 0.0769. The Morgan fingerprint density at radius 1 is 1.18 bits per heavy atom. The summed E-state index contributed by atoms with van der Waals surface area (Å²) in [6.07, 6.45) is 3.65. The van der Waals surface area contributed by atoms with Crippen molar-refractivity contribution in [3.63, 3.8) is 0 Å². The molecule has 0 amide bonds. The molecule has 0 saturated carbocycles. The molecule has 0 bridgehead atoms. The highest BCUT2D eigenvalue weighted by Gasteiger charge is 2.08. The number of methoxy groups -OCH3 is 1. The highest BCUT2D eigenvalue weighted by molar-refractivity contribution is 6.06. The number of aromatic nitrogens is 2. The number of carbonyl (C=O) groups is 1. The van der Waals surface area contributed by atoms with E-state index in [4.69, 9.17) is 0 Å². The number of fused-ring (bicyclic) bond motifs is 3. The topological polar surface area (TPSA) is 55.0 Å². The number of rotatable bonds is 1. The first-order chi connectivity index (χ1) is 8.29. The molecule has 1 aromatic carbocycles. The van der Waals surface area contributed by atoms with E-state index < -0.39 is 0 Å². The summed E-state index contributed by atoms with van der Waals surface area (Å²) >= 11 is 0. The molecular formula is C13H10N2O2. The fourth-order valence-electron chi connectivity index (χ4n) is 1.97. The lowest BCUT2D eigenvalue weighted by molar-refractivity contribution is 0.0594. The number of nitrogens with one attached hydrogen (secondary N) is 1. The second-order valence-corrected chi connectivity index (χ2v) is 3.80. The number of hydrogen-bond acceptors (Lipinski definition) is 3. The minimum absolute atomic E-state index is 0.368. The summed E-state index contributed by atoms with van der Waals surface area (Å²) in [7, 11) is 1.37. The summed E-state index contributed by atoms with van der Waals surface area (Å²) in [6, 6.07) is 7.54. The van der Waals surface area contributed by atoms with Crippen LogP contribution in [0.5, 0.6) is 0 Å². The molecule has 0 spiro atoms. The Hall–Kier alpha value is -2.36. The molecule has 0 aliphatic heterocycles. The van der Waals surface area contributed by atoms with Crippen LogP contribution < -0.4 is 0 Å². The first-order valence-corrected chi connectivity index (χ1v) is 5.23. The Balaban J connectivity index is 2.30. The van der Waals surface area contributed by atoms with E-state index in [1.165, 1.54) is 7.11 Å². The first kappa shape index (κ1) is 9.84. The number of carbonyl (C=O) groups excluding carboxylic acids is 1. The van der Waals surface area contributed by atoms with Crippen LogP contribution in [0.2, 0.25) is 0 Å². The highest BCUT2D eigenvalue weighted by atomic mass is 16.5. The third kappa shape index (κ3) is 1.45. The zero-order valence-corrected chi connectivity index (χ0v) is 9.23. The predicted octanol–water partition coefficient (Wildman–Crippen LogP) is 2.50. The van der Waals surface area contributed by atoms with Gasteiger partial charge < -0.3 is 9.72 Å². The summed E-state index contributed by atoms with van der Waals surface area (Å²) < 4.78 is 4.68. The fourth-order valence-corrected chi connectivity index (χ4v) is 1.97. The molecule has 84 valence electrons. The molecule has 2 heterocycles. The molecule has 0 atom stereocenters. The summed E-state index contributed by atoms with van der Waals surface area (Å²) in [5.41, 5.74) is 1.34. The Bertz CT molecular complexity index is 716. The Morgan fingerprint density at radius 2 is 2.06 bits per heavy atom. The minimum Gasteiger partial charge on any atom is -0.464 e. The van der Waals surface area contributed by atoms with Crippen molar-refractivity contribution < 1.29 is 9.53 Å². The highest BCUT2D eigenvalue weighted by Crippen LogP contribution is 2.24. The van der Waals surface area contributed by atoms with Gasteiger partial charge in [-0.3, -0.25) is 4.98 Å². The Morgan fingerprint density at radius 3 is 2.88 bits per heavy atom. The molecule has 4 heteroatoms. The van der Waals surface area contributed by atoms with Crippen LogP contribution in [0.25, 0.3) is 21.7 Å². The van der Waals surface area contributed by atoms with Crippen molar-refractivity contribution in [1.82, 2.24) is 9.97 Å². The van der Waals surface area contributed by atoms with Gasteiger partial charge in [-0.25, -0.2) is 4.79 Å². The summed E-state index contributed by atoms with van der Waals surface area (Å²) in [4.78, 5) is 18.6. The second kappa shape index (κ2) is 3.59. The van der Waals surface area contributed by atoms with Crippen molar-refractivity contribution in [2.75, 3.05) is 7.11 Å². The van der Waals surface area contributed by atoms with Crippen LogP contribution in [-0.4, -0.2) is 23.0 Å². The Labute approximate surface area is 97.2 Å². The molecule has 0 aliphatic rings. The van der Waals surface area contributed by atoms with Gasteiger partial charge in [-0.1, -0.05) is 6.07 Å². The van der Waals surface area contributed by atoms with E-state index in [1.807, 2.05) is 30.6 Å². The first-order valence-electron chi connectivity index (χ1n) is 5.23. The van der Waals surface area contributed by atoms with Gasteiger partial charge in [0.1, 0.15) is 5.69 Å². The van der Waals surface area contributed by atoms with Gasteiger partial charge in [0, 0.05) is 34.1 Å². The average Bonchev–Trinajstić information content (AvgIpc) is 2.85. The number of ether oxygens (including phenoxy) is 1. The summed E-state index contributed by atoms with van der Waals surface area (Å²) in [5, 5.41) is 3.22.